The van der Waals surface area contributed by atoms with Gasteiger partial charge in [-0.05, 0) is 111 Å². The number of ether oxygens (including phenoxy) is 1. The zero-order valence-electron chi connectivity index (χ0n) is 20.7. The average molecular weight is 483 g/mol. The molecule has 35 heavy (non-hydrogen) atoms. The van der Waals surface area contributed by atoms with E-state index in [9.17, 15) is 13.2 Å². The van der Waals surface area contributed by atoms with Crippen molar-refractivity contribution in [3.8, 4) is 16.9 Å². The third-order valence-corrected chi connectivity index (χ3v) is 8.27. The first kappa shape index (κ1) is 25.6. The molecule has 0 aromatic heterocycles. The van der Waals surface area contributed by atoms with Crippen LogP contribution in [-0.4, -0.2) is 0 Å². The third-order valence-electron chi connectivity index (χ3n) is 8.27. The lowest BCUT2D eigenvalue weighted by molar-refractivity contribution is 0.152. The Morgan fingerprint density at radius 1 is 0.886 bits per heavy atom. The molecule has 0 bridgehead atoms. The van der Waals surface area contributed by atoms with Crippen LogP contribution in [0.3, 0.4) is 0 Å². The number of allylic oxidation sites excluding steroid dienone is 2. The maximum absolute atomic E-state index is 14.9. The molecule has 0 radical (unpaired) electrons. The van der Waals surface area contributed by atoms with E-state index >= 15 is 0 Å². The molecule has 188 valence electrons. The first-order chi connectivity index (χ1) is 17.0. The second-order valence-electron chi connectivity index (χ2n) is 10.4. The van der Waals surface area contributed by atoms with Gasteiger partial charge in [-0.2, -0.15) is 4.39 Å². The van der Waals surface area contributed by atoms with Crippen LogP contribution in [0.15, 0.2) is 55.3 Å². The Balaban J connectivity index is 1.31. The van der Waals surface area contributed by atoms with Gasteiger partial charge in [0.25, 0.3) is 0 Å². The molecule has 2 aromatic carbocycles. The molecular weight excluding hydrogens is 445 g/mol. The molecule has 4 heteroatoms. The van der Waals surface area contributed by atoms with Crippen LogP contribution in [0, 0.1) is 41.1 Å². The second-order valence-corrected chi connectivity index (χ2v) is 10.4. The summed E-state index contributed by atoms with van der Waals surface area (Å²) < 4.78 is 48.9. The molecule has 2 aromatic rings. The van der Waals surface area contributed by atoms with Crippen LogP contribution >= 0.6 is 0 Å². The smallest absolute Gasteiger partial charge is 0.201 e. The van der Waals surface area contributed by atoms with Crippen molar-refractivity contribution in [1.29, 1.82) is 0 Å². The second kappa shape index (κ2) is 12.0. The van der Waals surface area contributed by atoms with E-state index in [0.717, 1.165) is 24.2 Å². The minimum Gasteiger partial charge on any atom is -0.462 e. The number of benzene rings is 2. The van der Waals surface area contributed by atoms with E-state index in [-0.39, 0.29) is 17.1 Å². The van der Waals surface area contributed by atoms with Crippen LogP contribution in [0.2, 0.25) is 0 Å². The predicted octanol–water partition coefficient (Wildman–Crippen LogP) is 9.41. The van der Waals surface area contributed by atoms with Gasteiger partial charge >= 0.3 is 0 Å². The van der Waals surface area contributed by atoms with Crippen molar-refractivity contribution < 1.29 is 17.9 Å². The zero-order chi connectivity index (χ0) is 24.8. The van der Waals surface area contributed by atoms with Gasteiger partial charge in [0, 0.05) is 5.56 Å². The van der Waals surface area contributed by atoms with Gasteiger partial charge in [0.15, 0.2) is 11.6 Å². The molecule has 2 fully saturated rings. The van der Waals surface area contributed by atoms with Crippen molar-refractivity contribution in [3.05, 3.63) is 78.3 Å². The van der Waals surface area contributed by atoms with Gasteiger partial charge in [-0.15, -0.1) is 6.58 Å². The highest BCUT2D eigenvalue weighted by molar-refractivity contribution is 5.66. The summed E-state index contributed by atoms with van der Waals surface area (Å²) in [7, 11) is 0. The van der Waals surface area contributed by atoms with E-state index < -0.39 is 11.6 Å². The van der Waals surface area contributed by atoms with E-state index in [0.29, 0.717) is 23.5 Å². The summed E-state index contributed by atoms with van der Waals surface area (Å²) in [6.45, 7) is 5.67. The molecular formula is C31H37F3O. The van der Waals surface area contributed by atoms with Gasteiger partial charge in [0.1, 0.15) is 5.82 Å². The highest BCUT2D eigenvalue weighted by Crippen LogP contribution is 2.42. The van der Waals surface area contributed by atoms with E-state index in [1.165, 1.54) is 75.8 Å². The lowest BCUT2D eigenvalue weighted by Crippen LogP contribution is -2.25. The van der Waals surface area contributed by atoms with Crippen molar-refractivity contribution in [2.75, 3.05) is 0 Å². The Labute approximate surface area is 208 Å². The van der Waals surface area contributed by atoms with Gasteiger partial charge in [-0.25, -0.2) is 8.78 Å². The van der Waals surface area contributed by atoms with Gasteiger partial charge in [0.05, 0.1) is 6.26 Å². The summed E-state index contributed by atoms with van der Waals surface area (Å²) in [6.07, 6.45) is 17.0. The Kier molecular flexibility index (Phi) is 8.75. The van der Waals surface area contributed by atoms with Crippen LogP contribution in [0.4, 0.5) is 13.2 Å². The Hall–Kier alpha value is -2.49. The summed E-state index contributed by atoms with van der Waals surface area (Å²) in [5.41, 5.74) is 1.00. The average Bonchev–Trinajstić information content (AvgIpc) is 2.89. The molecule has 0 spiro atoms. The van der Waals surface area contributed by atoms with Crippen LogP contribution in [-0.2, 0) is 6.42 Å². The molecule has 4 rings (SSSR count). The summed E-state index contributed by atoms with van der Waals surface area (Å²) >= 11 is 0. The normalized spacial score (nSPS) is 25.0. The molecule has 0 amide bonds. The highest BCUT2D eigenvalue weighted by Gasteiger charge is 2.30. The summed E-state index contributed by atoms with van der Waals surface area (Å²) in [6, 6.07) is 7.50. The van der Waals surface area contributed by atoms with Crippen LogP contribution < -0.4 is 4.74 Å². The number of hydrogen-bond acceptors (Lipinski definition) is 1. The van der Waals surface area contributed by atoms with Crippen LogP contribution in [0.25, 0.3) is 11.1 Å². The molecule has 0 heterocycles. The quantitative estimate of drug-likeness (QED) is 0.269. The van der Waals surface area contributed by atoms with Crippen molar-refractivity contribution in [1.82, 2.24) is 0 Å². The number of aryl methyl sites for hydroxylation is 1. The van der Waals surface area contributed by atoms with E-state index in [1.807, 2.05) is 0 Å². The molecule has 2 aliphatic carbocycles. The van der Waals surface area contributed by atoms with Crippen molar-refractivity contribution in [2.24, 2.45) is 23.7 Å². The standard InChI is InChI=1S/C31H37F3O/c1-3-19-35-29-18-17-27(30(33)31(29)34)26-16-15-25(28(32)20-26)14-9-22-7-12-24(13-8-22)23-10-5-21(4-2)6-11-23/h3-4,15-24H,2,5-14H2,1H3/b19-3+. The lowest BCUT2D eigenvalue weighted by atomic mass is 9.68. The fraction of sp³-hybridized carbons (Fsp3) is 0.484. The minimum absolute atomic E-state index is 0.0289. The Morgan fingerprint density at radius 2 is 1.57 bits per heavy atom. The van der Waals surface area contributed by atoms with Crippen molar-refractivity contribution in [2.45, 2.75) is 71.1 Å². The zero-order valence-corrected chi connectivity index (χ0v) is 20.7. The first-order valence-corrected chi connectivity index (χ1v) is 13.2. The Bertz CT molecular complexity index is 1030. The topological polar surface area (TPSA) is 9.23 Å². The first-order valence-electron chi connectivity index (χ1n) is 13.2. The fourth-order valence-corrected chi connectivity index (χ4v) is 6.06. The molecule has 0 N–H and O–H groups in total. The third kappa shape index (κ3) is 6.20. The molecule has 0 saturated heterocycles. The minimum atomic E-state index is -1.07. The monoisotopic (exact) mass is 482 g/mol. The molecule has 0 atom stereocenters. The number of rotatable bonds is 8. The maximum atomic E-state index is 14.9. The predicted molar refractivity (Wildman–Crippen MR) is 137 cm³/mol. The maximum Gasteiger partial charge on any atom is 0.201 e. The van der Waals surface area contributed by atoms with Gasteiger partial charge in [0.2, 0.25) is 5.82 Å². The van der Waals surface area contributed by atoms with E-state index in [2.05, 4.69) is 12.7 Å². The van der Waals surface area contributed by atoms with Crippen LogP contribution in [0.1, 0.15) is 70.3 Å². The summed E-state index contributed by atoms with van der Waals surface area (Å²) in [4.78, 5) is 0. The molecule has 2 aliphatic rings. The van der Waals surface area contributed by atoms with Crippen molar-refractivity contribution in [3.63, 3.8) is 0 Å². The Morgan fingerprint density at radius 3 is 2.20 bits per heavy atom. The largest absolute Gasteiger partial charge is 0.462 e. The number of hydrogen-bond donors (Lipinski definition) is 0. The number of halogens is 3. The molecule has 0 aliphatic heterocycles. The fourth-order valence-electron chi connectivity index (χ4n) is 6.06. The summed E-state index contributed by atoms with van der Waals surface area (Å²) in [5.74, 6) is 0.444. The van der Waals surface area contributed by atoms with Crippen molar-refractivity contribution >= 4 is 0 Å². The van der Waals surface area contributed by atoms with Crippen LogP contribution in [0.5, 0.6) is 5.75 Å². The van der Waals surface area contributed by atoms with Gasteiger partial charge in [-0.1, -0.05) is 37.1 Å². The lowest BCUT2D eigenvalue weighted by Gasteiger charge is -2.37. The molecule has 1 nitrogen and oxygen atoms in total. The van der Waals surface area contributed by atoms with E-state index in [1.54, 1.807) is 25.1 Å². The highest BCUT2D eigenvalue weighted by atomic mass is 19.2. The van der Waals surface area contributed by atoms with Gasteiger partial charge in [-0.3, -0.25) is 0 Å². The van der Waals surface area contributed by atoms with Gasteiger partial charge < -0.3 is 4.74 Å². The molecule has 0 unspecified atom stereocenters. The molecule has 2 saturated carbocycles. The summed E-state index contributed by atoms with van der Waals surface area (Å²) in [5, 5.41) is 0. The SMILES string of the molecule is C=CC1CCC(C2CCC(CCc3ccc(-c4ccc(O/C=C/C)c(F)c4F)cc3F)CC2)CC1. The van der Waals surface area contributed by atoms with E-state index in [4.69, 9.17) is 4.74 Å².